The van der Waals surface area contributed by atoms with E-state index in [2.05, 4.69) is 25.3 Å². The van der Waals surface area contributed by atoms with Crippen LogP contribution in [0.5, 0.6) is 0 Å². The smallest absolute Gasteiger partial charge is 0.269 e. The van der Waals surface area contributed by atoms with Gasteiger partial charge in [-0.05, 0) is 44.1 Å². The monoisotopic (exact) mass is 498 g/mol. The second-order valence-electron chi connectivity index (χ2n) is 8.48. The van der Waals surface area contributed by atoms with Crippen molar-refractivity contribution in [3.8, 4) is 5.69 Å². The Morgan fingerprint density at radius 1 is 1.03 bits per heavy atom. The number of aromatic nitrogens is 4. The fraction of sp³-hybridized carbons (Fsp3) is 0.391. The van der Waals surface area contributed by atoms with Crippen molar-refractivity contribution in [2.24, 2.45) is 0 Å². The van der Waals surface area contributed by atoms with Crippen LogP contribution in [0.4, 0.5) is 11.6 Å². The Balaban J connectivity index is 0.00000289. The quantitative estimate of drug-likeness (QED) is 0.420. The van der Waals surface area contributed by atoms with Crippen LogP contribution in [-0.4, -0.2) is 74.7 Å². The normalized spacial score (nSPS) is 16.6. The highest BCUT2D eigenvalue weighted by atomic mass is 35.5. The van der Waals surface area contributed by atoms with E-state index in [1.807, 2.05) is 4.90 Å². The molecule has 2 aliphatic heterocycles. The topological polar surface area (TPSA) is 122 Å². The molecule has 12 heteroatoms. The zero-order valence-electron chi connectivity index (χ0n) is 19.1. The van der Waals surface area contributed by atoms with Gasteiger partial charge in [-0.15, -0.1) is 12.4 Å². The zero-order valence-corrected chi connectivity index (χ0v) is 19.9. The third-order valence-corrected chi connectivity index (χ3v) is 6.47. The van der Waals surface area contributed by atoms with Crippen LogP contribution >= 0.6 is 12.4 Å². The highest BCUT2D eigenvalue weighted by molar-refractivity contribution is 5.95. The van der Waals surface area contributed by atoms with Crippen molar-refractivity contribution in [3.63, 3.8) is 0 Å². The summed E-state index contributed by atoms with van der Waals surface area (Å²) in [6, 6.07) is 8.09. The average Bonchev–Trinajstić information content (AvgIpc) is 3.35. The maximum atomic E-state index is 13.6. The van der Waals surface area contributed by atoms with Crippen molar-refractivity contribution in [2.75, 3.05) is 44.2 Å². The molecule has 0 unspecified atom stereocenters. The molecule has 184 valence electrons. The number of carbonyl (C=O) groups excluding carboxylic acids is 1. The number of carbonyl (C=O) groups is 1. The minimum absolute atomic E-state index is 0. The molecule has 35 heavy (non-hydrogen) atoms. The van der Waals surface area contributed by atoms with Gasteiger partial charge in [0.1, 0.15) is 0 Å². The first kappa shape index (κ1) is 24.6. The Labute approximate surface area is 208 Å². The number of benzene rings is 1. The lowest BCUT2D eigenvalue weighted by Crippen LogP contribution is -2.49. The summed E-state index contributed by atoms with van der Waals surface area (Å²) in [4.78, 5) is 36.8. The molecular formula is C23H27ClN8O3. The third kappa shape index (κ3) is 5.10. The summed E-state index contributed by atoms with van der Waals surface area (Å²) in [6.07, 6.45) is 6.89. The Bertz CT molecular complexity index is 1160. The number of rotatable bonds is 5. The van der Waals surface area contributed by atoms with Crippen LogP contribution in [0.25, 0.3) is 5.69 Å². The lowest BCUT2D eigenvalue weighted by molar-refractivity contribution is -0.384. The maximum Gasteiger partial charge on any atom is 0.269 e. The van der Waals surface area contributed by atoms with Gasteiger partial charge in [-0.3, -0.25) is 14.9 Å². The SMILES string of the molecule is Cl.O=C(c1cnn(-c2ccc([N+](=O)[O-])cc2)c1C1CCNCC1)N1CCN(c2ncccn2)CC1. The Hall–Kier alpha value is -3.57. The lowest BCUT2D eigenvalue weighted by atomic mass is 9.91. The molecule has 1 N–H and O–H groups in total. The van der Waals surface area contributed by atoms with E-state index in [0.717, 1.165) is 31.6 Å². The number of non-ortho nitro benzene ring substituents is 1. The fourth-order valence-corrected chi connectivity index (χ4v) is 4.67. The minimum atomic E-state index is -0.421. The average molecular weight is 499 g/mol. The van der Waals surface area contributed by atoms with E-state index < -0.39 is 4.92 Å². The van der Waals surface area contributed by atoms with Crippen molar-refractivity contribution >= 4 is 29.9 Å². The molecule has 1 amide bonds. The number of piperidine rings is 1. The van der Waals surface area contributed by atoms with Gasteiger partial charge in [0.05, 0.1) is 28.1 Å². The van der Waals surface area contributed by atoms with E-state index >= 15 is 0 Å². The molecule has 2 saturated heterocycles. The van der Waals surface area contributed by atoms with Gasteiger partial charge in [0.2, 0.25) is 5.95 Å². The van der Waals surface area contributed by atoms with Crippen molar-refractivity contribution in [3.05, 3.63) is 70.3 Å². The van der Waals surface area contributed by atoms with Crippen molar-refractivity contribution in [1.29, 1.82) is 0 Å². The van der Waals surface area contributed by atoms with Crippen molar-refractivity contribution in [1.82, 2.24) is 30.0 Å². The molecule has 0 spiro atoms. The van der Waals surface area contributed by atoms with Crippen LogP contribution in [0.15, 0.2) is 48.9 Å². The van der Waals surface area contributed by atoms with Crippen LogP contribution < -0.4 is 10.2 Å². The molecule has 4 heterocycles. The summed E-state index contributed by atoms with van der Waals surface area (Å²) in [5.41, 5.74) is 2.23. The molecule has 0 saturated carbocycles. The van der Waals surface area contributed by atoms with Gasteiger partial charge in [-0.1, -0.05) is 0 Å². The molecule has 5 rings (SSSR count). The second kappa shape index (κ2) is 10.8. The first-order valence-corrected chi connectivity index (χ1v) is 11.5. The molecule has 2 aliphatic rings. The van der Waals surface area contributed by atoms with E-state index in [-0.39, 0.29) is 29.9 Å². The lowest BCUT2D eigenvalue weighted by Gasteiger charge is -2.35. The number of amides is 1. The number of hydrogen-bond donors (Lipinski definition) is 1. The number of anilines is 1. The number of nitro benzene ring substituents is 1. The molecule has 0 aliphatic carbocycles. The molecular weight excluding hydrogens is 472 g/mol. The maximum absolute atomic E-state index is 13.6. The largest absolute Gasteiger partial charge is 0.337 e. The molecule has 1 aromatic carbocycles. The molecule has 2 aromatic heterocycles. The third-order valence-electron chi connectivity index (χ3n) is 6.47. The van der Waals surface area contributed by atoms with Gasteiger partial charge in [-0.25, -0.2) is 14.6 Å². The van der Waals surface area contributed by atoms with Crippen LogP contribution in [0, 0.1) is 10.1 Å². The van der Waals surface area contributed by atoms with Crippen LogP contribution in [-0.2, 0) is 0 Å². The summed E-state index contributed by atoms with van der Waals surface area (Å²) in [5, 5.41) is 19.0. The number of nitrogens with one attached hydrogen (secondary N) is 1. The number of nitro groups is 1. The van der Waals surface area contributed by atoms with Gasteiger partial charge >= 0.3 is 0 Å². The summed E-state index contributed by atoms with van der Waals surface area (Å²) in [5.74, 6) is 0.822. The van der Waals surface area contributed by atoms with E-state index in [4.69, 9.17) is 0 Å². The number of piperazine rings is 1. The number of hydrogen-bond acceptors (Lipinski definition) is 8. The zero-order chi connectivity index (χ0) is 23.5. The predicted molar refractivity (Wildman–Crippen MR) is 132 cm³/mol. The van der Waals surface area contributed by atoms with E-state index in [1.165, 1.54) is 12.1 Å². The molecule has 3 aromatic rings. The molecule has 0 radical (unpaired) electrons. The highest BCUT2D eigenvalue weighted by Crippen LogP contribution is 2.31. The highest BCUT2D eigenvalue weighted by Gasteiger charge is 2.31. The van der Waals surface area contributed by atoms with Gasteiger partial charge in [0, 0.05) is 56.6 Å². The number of halogens is 1. The molecule has 11 nitrogen and oxygen atoms in total. The van der Waals surface area contributed by atoms with Gasteiger partial charge in [-0.2, -0.15) is 5.10 Å². The molecule has 0 bridgehead atoms. The minimum Gasteiger partial charge on any atom is -0.337 e. The van der Waals surface area contributed by atoms with Crippen LogP contribution in [0.3, 0.4) is 0 Å². The van der Waals surface area contributed by atoms with Crippen molar-refractivity contribution in [2.45, 2.75) is 18.8 Å². The fourth-order valence-electron chi connectivity index (χ4n) is 4.67. The van der Waals surface area contributed by atoms with E-state index in [1.54, 1.807) is 41.5 Å². The summed E-state index contributed by atoms with van der Waals surface area (Å²) < 4.78 is 1.78. The van der Waals surface area contributed by atoms with E-state index in [9.17, 15) is 14.9 Å². The van der Waals surface area contributed by atoms with E-state index in [0.29, 0.717) is 43.4 Å². The molecule has 2 fully saturated rings. The first-order valence-electron chi connectivity index (χ1n) is 11.5. The van der Waals surface area contributed by atoms with Gasteiger partial charge < -0.3 is 15.1 Å². The van der Waals surface area contributed by atoms with Crippen molar-refractivity contribution < 1.29 is 9.72 Å². The summed E-state index contributed by atoms with van der Waals surface area (Å²) in [6.45, 7) is 4.22. The van der Waals surface area contributed by atoms with Gasteiger partial charge in [0.25, 0.3) is 11.6 Å². The molecule has 0 atom stereocenters. The standard InChI is InChI=1S/C23H26N8O3.ClH/c32-22(28-12-14-29(15-13-28)23-25-8-1-9-26-23)20-16-27-30(21(20)17-6-10-24-11-7-17)18-2-4-19(5-3-18)31(33)34;/h1-5,8-9,16-17,24H,6-7,10-15H2;1H. The predicted octanol–water partition coefficient (Wildman–Crippen LogP) is 2.42. The number of nitrogens with zero attached hydrogens (tertiary/aromatic N) is 7. The summed E-state index contributed by atoms with van der Waals surface area (Å²) in [7, 11) is 0. The first-order chi connectivity index (χ1) is 16.6. The van der Waals surface area contributed by atoms with Crippen LogP contribution in [0.1, 0.15) is 34.8 Å². The second-order valence-corrected chi connectivity index (χ2v) is 8.48. The Kier molecular flexibility index (Phi) is 7.57. The Morgan fingerprint density at radius 2 is 1.69 bits per heavy atom. The summed E-state index contributed by atoms with van der Waals surface area (Å²) >= 11 is 0. The van der Waals surface area contributed by atoms with Gasteiger partial charge in [0.15, 0.2) is 0 Å². The van der Waals surface area contributed by atoms with Crippen LogP contribution in [0.2, 0.25) is 0 Å². The Morgan fingerprint density at radius 3 is 2.31 bits per heavy atom.